The first-order valence-corrected chi connectivity index (χ1v) is 9.90. The van der Waals surface area contributed by atoms with Crippen molar-refractivity contribution in [3.63, 3.8) is 0 Å². The van der Waals surface area contributed by atoms with Crippen molar-refractivity contribution in [1.82, 2.24) is 14.8 Å². The Kier molecular flexibility index (Phi) is 5.48. The SMILES string of the molecule is O=C(c1ccccn1)N1CCC(C(=O)N2CCOc3ccc(Cl)cc3C2)CC1. The third-order valence-electron chi connectivity index (χ3n) is 5.33. The number of rotatable bonds is 2. The number of benzene rings is 1. The molecule has 2 amide bonds. The number of hydrogen-bond donors (Lipinski definition) is 0. The van der Waals surface area contributed by atoms with Crippen LogP contribution in [0.2, 0.25) is 5.02 Å². The van der Waals surface area contributed by atoms with Crippen LogP contribution in [0.15, 0.2) is 42.6 Å². The summed E-state index contributed by atoms with van der Waals surface area (Å²) in [6.07, 6.45) is 2.95. The van der Waals surface area contributed by atoms with E-state index in [1.54, 1.807) is 29.3 Å². The fourth-order valence-corrected chi connectivity index (χ4v) is 3.98. The zero-order valence-electron chi connectivity index (χ0n) is 15.5. The van der Waals surface area contributed by atoms with Crippen LogP contribution < -0.4 is 4.74 Å². The fourth-order valence-electron chi connectivity index (χ4n) is 3.79. The van der Waals surface area contributed by atoms with E-state index in [0.717, 1.165) is 11.3 Å². The highest BCUT2D eigenvalue weighted by atomic mass is 35.5. The van der Waals surface area contributed by atoms with Gasteiger partial charge in [-0.3, -0.25) is 14.6 Å². The van der Waals surface area contributed by atoms with E-state index in [4.69, 9.17) is 16.3 Å². The van der Waals surface area contributed by atoms with Crippen molar-refractivity contribution < 1.29 is 14.3 Å². The molecule has 1 aromatic heterocycles. The summed E-state index contributed by atoms with van der Waals surface area (Å²) in [7, 11) is 0. The standard InChI is InChI=1S/C21H22ClN3O3/c22-17-4-5-19-16(13-17)14-25(11-12-28-19)20(26)15-6-9-24(10-7-15)21(27)18-3-1-2-8-23-18/h1-5,8,13,15H,6-7,9-12,14H2. The molecule has 0 saturated carbocycles. The Morgan fingerprint density at radius 3 is 2.64 bits per heavy atom. The topological polar surface area (TPSA) is 62.7 Å². The number of pyridine rings is 1. The predicted octanol–water partition coefficient (Wildman–Crippen LogP) is 3.01. The molecule has 0 bridgehead atoms. The van der Waals surface area contributed by atoms with Crippen LogP contribution in [0.1, 0.15) is 28.9 Å². The van der Waals surface area contributed by atoms with Gasteiger partial charge in [0.2, 0.25) is 5.91 Å². The molecule has 28 heavy (non-hydrogen) atoms. The quantitative estimate of drug-likeness (QED) is 0.778. The molecule has 0 radical (unpaired) electrons. The van der Waals surface area contributed by atoms with E-state index >= 15 is 0 Å². The molecule has 0 N–H and O–H groups in total. The number of aromatic nitrogens is 1. The predicted molar refractivity (Wildman–Crippen MR) is 105 cm³/mol. The summed E-state index contributed by atoms with van der Waals surface area (Å²) in [5, 5.41) is 0.637. The summed E-state index contributed by atoms with van der Waals surface area (Å²) >= 11 is 6.10. The normalized spacial score (nSPS) is 17.5. The number of amides is 2. The number of likely N-dealkylation sites (tertiary alicyclic amines) is 1. The summed E-state index contributed by atoms with van der Waals surface area (Å²) in [5.74, 6) is 0.767. The molecule has 0 spiro atoms. The van der Waals surface area contributed by atoms with Gasteiger partial charge in [0.05, 0.1) is 6.54 Å². The molecule has 2 aliphatic heterocycles. The van der Waals surface area contributed by atoms with Gasteiger partial charge >= 0.3 is 0 Å². The Hall–Kier alpha value is -2.60. The van der Waals surface area contributed by atoms with Crippen LogP contribution in [0, 0.1) is 5.92 Å². The summed E-state index contributed by atoms with van der Waals surface area (Å²) < 4.78 is 5.76. The summed E-state index contributed by atoms with van der Waals surface area (Å²) in [6, 6.07) is 10.8. The van der Waals surface area contributed by atoms with Gasteiger partial charge in [-0.25, -0.2) is 0 Å². The number of nitrogens with zero attached hydrogens (tertiary/aromatic N) is 3. The van der Waals surface area contributed by atoms with Gasteiger partial charge in [0.15, 0.2) is 0 Å². The van der Waals surface area contributed by atoms with Gasteiger partial charge in [0.1, 0.15) is 18.1 Å². The molecule has 1 fully saturated rings. The molecule has 0 aliphatic carbocycles. The lowest BCUT2D eigenvalue weighted by molar-refractivity contribution is -0.137. The van der Waals surface area contributed by atoms with Gasteiger partial charge in [0.25, 0.3) is 5.91 Å². The Morgan fingerprint density at radius 2 is 1.89 bits per heavy atom. The van der Waals surface area contributed by atoms with E-state index in [0.29, 0.717) is 56.3 Å². The van der Waals surface area contributed by atoms with Crippen molar-refractivity contribution in [3.05, 3.63) is 58.9 Å². The molecule has 0 atom stereocenters. The van der Waals surface area contributed by atoms with Gasteiger partial charge < -0.3 is 14.5 Å². The minimum absolute atomic E-state index is 0.0711. The van der Waals surface area contributed by atoms with E-state index in [9.17, 15) is 9.59 Å². The molecule has 4 rings (SSSR count). The Balaban J connectivity index is 1.38. The van der Waals surface area contributed by atoms with Crippen LogP contribution in [-0.2, 0) is 11.3 Å². The van der Waals surface area contributed by atoms with Gasteiger partial charge in [0, 0.05) is 42.3 Å². The minimum atomic E-state index is -0.0754. The van der Waals surface area contributed by atoms with E-state index in [1.165, 1.54) is 0 Å². The highest BCUT2D eigenvalue weighted by molar-refractivity contribution is 6.30. The molecular formula is C21H22ClN3O3. The van der Waals surface area contributed by atoms with Crippen molar-refractivity contribution >= 4 is 23.4 Å². The second-order valence-electron chi connectivity index (χ2n) is 7.14. The molecule has 1 saturated heterocycles. The first-order chi connectivity index (χ1) is 13.6. The molecule has 3 heterocycles. The average molecular weight is 400 g/mol. The van der Waals surface area contributed by atoms with E-state index in [-0.39, 0.29) is 17.7 Å². The lowest BCUT2D eigenvalue weighted by Gasteiger charge is -2.33. The number of carbonyl (C=O) groups excluding carboxylic acids is 2. The lowest BCUT2D eigenvalue weighted by Crippen LogP contribution is -2.44. The number of piperidine rings is 1. The van der Waals surface area contributed by atoms with E-state index in [1.807, 2.05) is 23.1 Å². The van der Waals surface area contributed by atoms with Gasteiger partial charge in [-0.1, -0.05) is 17.7 Å². The Bertz CT molecular complexity index is 866. The van der Waals surface area contributed by atoms with Crippen molar-refractivity contribution in [2.45, 2.75) is 19.4 Å². The summed E-state index contributed by atoms with van der Waals surface area (Å²) in [4.78, 5) is 33.4. The number of carbonyl (C=O) groups is 2. The highest BCUT2D eigenvalue weighted by Crippen LogP contribution is 2.28. The number of halogens is 1. The lowest BCUT2D eigenvalue weighted by atomic mass is 9.94. The monoisotopic (exact) mass is 399 g/mol. The zero-order chi connectivity index (χ0) is 19.5. The van der Waals surface area contributed by atoms with Crippen LogP contribution in [0.25, 0.3) is 0 Å². The average Bonchev–Trinajstić information content (AvgIpc) is 2.95. The van der Waals surface area contributed by atoms with Crippen molar-refractivity contribution in [2.24, 2.45) is 5.92 Å². The van der Waals surface area contributed by atoms with Gasteiger partial charge in [-0.05, 0) is 43.2 Å². The third-order valence-corrected chi connectivity index (χ3v) is 5.56. The highest BCUT2D eigenvalue weighted by Gasteiger charge is 2.31. The maximum atomic E-state index is 13.1. The third kappa shape index (κ3) is 3.97. The fraction of sp³-hybridized carbons (Fsp3) is 0.381. The molecule has 2 aliphatic rings. The smallest absolute Gasteiger partial charge is 0.272 e. The molecular weight excluding hydrogens is 378 g/mol. The van der Waals surface area contributed by atoms with Gasteiger partial charge in [-0.2, -0.15) is 0 Å². The maximum Gasteiger partial charge on any atom is 0.272 e. The first-order valence-electron chi connectivity index (χ1n) is 9.52. The maximum absolute atomic E-state index is 13.1. The minimum Gasteiger partial charge on any atom is -0.491 e. The molecule has 146 valence electrons. The molecule has 2 aromatic rings. The van der Waals surface area contributed by atoms with Crippen LogP contribution in [0.5, 0.6) is 5.75 Å². The van der Waals surface area contributed by atoms with E-state index in [2.05, 4.69) is 4.98 Å². The van der Waals surface area contributed by atoms with Crippen LogP contribution in [0.3, 0.4) is 0 Å². The second-order valence-corrected chi connectivity index (χ2v) is 7.58. The van der Waals surface area contributed by atoms with Gasteiger partial charge in [-0.15, -0.1) is 0 Å². The largest absolute Gasteiger partial charge is 0.491 e. The molecule has 7 heteroatoms. The Labute approximate surface area is 169 Å². The Morgan fingerprint density at radius 1 is 1.07 bits per heavy atom. The summed E-state index contributed by atoms with van der Waals surface area (Å²) in [6.45, 7) is 2.66. The summed E-state index contributed by atoms with van der Waals surface area (Å²) in [5.41, 5.74) is 1.38. The number of hydrogen-bond acceptors (Lipinski definition) is 4. The van der Waals surface area contributed by atoms with Crippen molar-refractivity contribution in [1.29, 1.82) is 0 Å². The van der Waals surface area contributed by atoms with E-state index < -0.39 is 0 Å². The van der Waals surface area contributed by atoms with Crippen LogP contribution in [0.4, 0.5) is 0 Å². The molecule has 0 unspecified atom stereocenters. The van der Waals surface area contributed by atoms with Crippen LogP contribution in [-0.4, -0.2) is 52.8 Å². The number of ether oxygens (including phenoxy) is 1. The first kappa shape index (κ1) is 18.7. The van der Waals surface area contributed by atoms with Crippen LogP contribution >= 0.6 is 11.6 Å². The molecule has 6 nitrogen and oxygen atoms in total. The number of fused-ring (bicyclic) bond motifs is 1. The second kappa shape index (κ2) is 8.19. The van der Waals surface area contributed by atoms with Crippen molar-refractivity contribution in [3.8, 4) is 5.75 Å². The zero-order valence-corrected chi connectivity index (χ0v) is 16.3. The van der Waals surface area contributed by atoms with Crippen molar-refractivity contribution in [2.75, 3.05) is 26.2 Å². The molecule has 1 aromatic carbocycles.